The van der Waals surface area contributed by atoms with Crippen LogP contribution in [0.2, 0.25) is 4.34 Å². The number of thiophene rings is 1. The lowest BCUT2D eigenvalue weighted by Gasteiger charge is -2.26. The van der Waals surface area contributed by atoms with E-state index in [1.165, 1.54) is 6.07 Å². The third-order valence-electron chi connectivity index (χ3n) is 3.66. The van der Waals surface area contributed by atoms with E-state index in [1.54, 1.807) is 6.07 Å². The van der Waals surface area contributed by atoms with Crippen LogP contribution in [0, 0.1) is 0 Å². The summed E-state index contributed by atoms with van der Waals surface area (Å²) in [7, 11) is -3.53. The molecule has 2 heterocycles. The topological polar surface area (TPSA) is 95.1 Å². The lowest BCUT2D eigenvalue weighted by atomic mass is 10.4. The molecule has 0 radical (unpaired) electrons. The summed E-state index contributed by atoms with van der Waals surface area (Å²) in [5, 5.41) is 6.42. The van der Waals surface area contributed by atoms with Crippen molar-refractivity contribution < 1.29 is 13.2 Å². The van der Waals surface area contributed by atoms with E-state index in [0.29, 0.717) is 16.8 Å². The molecule has 0 aliphatic carbocycles. The molecule has 3 N–H and O–H groups in total. The standard InChI is InChI=1S/C15H26ClN5O3S2.HI/c1-2-17-15(19-7-8-21-9-11-24-12-10-21)18-5-6-20-26(22,23)14-4-3-13(16)25-14;/h3-4,20H,2,5-12H2,1H3,(H2,17,18,19);1H. The number of hydrogen-bond acceptors (Lipinski definition) is 6. The summed E-state index contributed by atoms with van der Waals surface area (Å²) in [6, 6.07) is 3.07. The van der Waals surface area contributed by atoms with Gasteiger partial charge in [-0.25, -0.2) is 13.1 Å². The van der Waals surface area contributed by atoms with E-state index in [2.05, 4.69) is 25.2 Å². The fourth-order valence-electron chi connectivity index (χ4n) is 2.36. The maximum atomic E-state index is 12.1. The highest BCUT2D eigenvalue weighted by Crippen LogP contribution is 2.25. The van der Waals surface area contributed by atoms with Gasteiger partial charge in [-0.05, 0) is 19.1 Å². The fraction of sp³-hybridized carbons (Fsp3) is 0.667. The van der Waals surface area contributed by atoms with E-state index in [9.17, 15) is 8.42 Å². The number of halogens is 2. The average Bonchev–Trinajstić information content (AvgIpc) is 3.07. The van der Waals surface area contributed by atoms with E-state index >= 15 is 0 Å². The molecule has 0 amide bonds. The first-order chi connectivity index (χ1) is 12.5. The second kappa shape index (κ2) is 13.1. The molecule has 8 nitrogen and oxygen atoms in total. The predicted octanol–water partition coefficient (Wildman–Crippen LogP) is 1.19. The number of ether oxygens (including phenoxy) is 1. The molecular weight excluding hydrogens is 525 g/mol. The zero-order valence-electron chi connectivity index (χ0n) is 15.2. The Hall–Kier alpha value is -0.180. The summed E-state index contributed by atoms with van der Waals surface area (Å²) in [4.78, 5) is 6.73. The molecule has 1 aromatic rings. The Kier molecular flexibility index (Phi) is 12.1. The normalized spacial score (nSPS) is 16.0. The van der Waals surface area contributed by atoms with Crippen LogP contribution in [0.25, 0.3) is 0 Å². The SMILES string of the molecule is CCNC(=NCCNS(=O)(=O)c1ccc(Cl)s1)NCCN1CCOCC1.I. The summed E-state index contributed by atoms with van der Waals surface area (Å²) in [5.41, 5.74) is 0. The molecule has 0 atom stereocenters. The Morgan fingerprint density at radius 3 is 2.67 bits per heavy atom. The summed E-state index contributed by atoms with van der Waals surface area (Å²) in [6.07, 6.45) is 0. The Morgan fingerprint density at radius 1 is 1.30 bits per heavy atom. The molecule has 1 aliphatic heterocycles. The highest BCUT2D eigenvalue weighted by atomic mass is 127. The third-order valence-corrected chi connectivity index (χ3v) is 6.84. The molecular formula is C15H27ClIN5O3S2. The molecule has 0 aromatic carbocycles. The molecule has 0 unspecified atom stereocenters. The van der Waals surface area contributed by atoms with E-state index in [0.717, 1.165) is 57.3 Å². The Labute approximate surface area is 187 Å². The van der Waals surface area contributed by atoms with E-state index < -0.39 is 10.0 Å². The molecule has 12 heteroatoms. The Bertz CT molecular complexity index is 681. The van der Waals surface area contributed by atoms with E-state index in [4.69, 9.17) is 16.3 Å². The summed E-state index contributed by atoms with van der Waals surface area (Å²) < 4.78 is 32.7. The average molecular weight is 552 g/mol. The van der Waals surface area contributed by atoms with Gasteiger partial charge in [-0.15, -0.1) is 35.3 Å². The Morgan fingerprint density at radius 2 is 2.04 bits per heavy atom. The van der Waals surface area contributed by atoms with Crippen LogP contribution < -0.4 is 15.4 Å². The first kappa shape index (κ1) is 24.9. The van der Waals surface area contributed by atoms with Crippen molar-refractivity contribution >= 4 is 62.9 Å². The van der Waals surface area contributed by atoms with Gasteiger partial charge < -0.3 is 15.4 Å². The van der Waals surface area contributed by atoms with Gasteiger partial charge in [0.2, 0.25) is 10.0 Å². The van der Waals surface area contributed by atoms with Gasteiger partial charge >= 0.3 is 0 Å². The first-order valence-electron chi connectivity index (χ1n) is 8.58. The highest BCUT2D eigenvalue weighted by Gasteiger charge is 2.15. The van der Waals surface area contributed by atoms with Crippen molar-refractivity contribution in [3.8, 4) is 0 Å². The minimum atomic E-state index is -3.53. The van der Waals surface area contributed by atoms with Gasteiger partial charge in [0.05, 0.1) is 24.1 Å². The van der Waals surface area contributed by atoms with Gasteiger partial charge in [-0.1, -0.05) is 11.6 Å². The Balaban J connectivity index is 0.00000364. The van der Waals surface area contributed by atoms with Crippen LogP contribution >= 0.6 is 46.9 Å². The van der Waals surface area contributed by atoms with Gasteiger partial charge in [-0.2, -0.15) is 0 Å². The van der Waals surface area contributed by atoms with Crippen molar-refractivity contribution in [2.75, 3.05) is 59.0 Å². The molecule has 0 saturated carbocycles. The van der Waals surface area contributed by atoms with Gasteiger partial charge in [-0.3, -0.25) is 9.89 Å². The van der Waals surface area contributed by atoms with Gasteiger partial charge in [0, 0.05) is 39.3 Å². The first-order valence-corrected chi connectivity index (χ1v) is 11.3. The van der Waals surface area contributed by atoms with E-state index in [1.807, 2.05) is 6.92 Å². The quantitative estimate of drug-likeness (QED) is 0.185. The van der Waals surface area contributed by atoms with Crippen LogP contribution in [0.15, 0.2) is 21.3 Å². The molecule has 1 fully saturated rings. The fourth-order valence-corrected chi connectivity index (χ4v) is 4.91. The molecule has 2 rings (SSSR count). The molecule has 0 bridgehead atoms. The monoisotopic (exact) mass is 551 g/mol. The molecule has 1 aromatic heterocycles. The van der Waals surface area contributed by atoms with Crippen molar-refractivity contribution in [3.05, 3.63) is 16.5 Å². The van der Waals surface area contributed by atoms with Crippen LogP contribution in [0.1, 0.15) is 6.92 Å². The number of nitrogens with one attached hydrogen (secondary N) is 3. The van der Waals surface area contributed by atoms with Gasteiger partial charge in [0.1, 0.15) is 4.21 Å². The number of morpholine rings is 1. The highest BCUT2D eigenvalue weighted by molar-refractivity contribution is 14.0. The smallest absolute Gasteiger partial charge is 0.250 e. The predicted molar refractivity (Wildman–Crippen MR) is 121 cm³/mol. The molecule has 1 aliphatic rings. The summed E-state index contributed by atoms with van der Waals surface area (Å²) in [5.74, 6) is 0.680. The molecule has 0 spiro atoms. The van der Waals surface area contributed by atoms with Crippen molar-refractivity contribution in [2.45, 2.75) is 11.1 Å². The van der Waals surface area contributed by atoms with Crippen LogP contribution in [-0.2, 0) is 14.8 Å². The van der Waals surface area contributed by atoms with Crippen LogP contribution in [-0.4, -0.2) is 78.3 Å². The van der Waals surface area contributed by atoms with Crippen LogP contribution in [0.4, 0.5) is 0 Å². The molecule has 1 saturated heterocycles. The minimum Gasteiger partial charge on any atom is -0.379 e. The van der Waals surface area contributed by atoms with Gasteiger partial charge in [0.25, 0.3) is 0 Å². The van der Waals surface area contributed by atoms with Crippen molar-refractivity contribution in [1.82, 2.24) is 20.3 Å². The number of sulfonamides is 1. The largest absolute Gasteiger partial charge is 0.379 e. The number of rotatable bonds is 9. The van der Waals surface area contributed by atoms with Crippen molar-refractivity contribution in [2.24, 2.45) is 4.99 Å². The maximum absolute atomic E-state index is 12.1. The second-order valence-electron chi connectivity index (χ2n) is 5.60. The lowest BCUT2D eigenvalue weighted by Crippen LogP contribution is -2.44. The van der Waals surface area contributed by atoms with Crippen molar-refractivity contribution in [1.29, 1.82) is 0 Å². The van der Waals surface area contributed by atoms with Crippen LogP contribution in [0.3, 0.4) is 0 Å². The number of aliphatic imine (C=N–C) groups is 1. The molecule has 27 heavy (non-hydrogen) atoms. The van der Waals surface area contributed by atoms with Crippen LogP contribution in [0.5, 0.6) is 0 Å². The zero-order chi connectivity index (χ0) is 18.8. The minimum absolute atomic E-state index is 0. The van der Waals surface area contributed by atoms with Crippen molar-refractivity contribution in [3.63, 3.8) is 0 Å². The second-order valence-corrected chi connectivity index (χ2v) is 9.31. The lowest BCUT2D eigenvalue weighted by molar-refractivity contribution is 0.0389. The van der Waals surface area contributed by atoms with E-state index in [-0.39, 0.29) is 34.7 Å². The number of hydrogen-bond donors (Lipinski definition) is 3. The van der Waals surface area contributed by atoms with Gasteiger partial charge in [0.15, 0.2) is 5.96 Å². The zero-order valence-corrected chi connectivity index (χ0v) is 20.0. The number of guanidine groups is 1. The molecule has 156 valence electrons. The number of nitrogens with zero attached hydrogens (tertiary/aromatic N) is 2. The summed E-state index contributed by atoms with van der Waals surface area (Å²) >= 11 is 6.82. The third kappa shape index (κ3) is 9.24. The maximum Gasteiger partial charge on any atom is 0.250 e. The summed E-state index contributed by atoms with van der Waals surface area (Å²) in [6.45, 7) is 8.43.